The van der Waals surface area contributed by atoms with Gasteiger partial charge in [-0.2, -0.15) is 0 Å². The normalized spacial score (nSPS) is 19.0. The fourth-order valence-corrected chi connectivity index (χ4v) is 4.30. The van der Waals surface area contributed by atoms with Crippen LogP contribution in [0, 0.1) is 5.82 Å². The number of rotatable bonds is 6. The second-order valence-corrected chi connectivity index (χ2v) is 7.86. The van der Waals surface area contributed by atoms with Gasteiger partial charge in [0, 0.05) is 50.7 Å². The van der Waals surface area contributed by atoms with Gasteiger partial charge in [-0.05, 0) is 42.7 Å². The minimum atomic E-state index is -0.475. The Morgan fingerprint density at radius 3 is 2.80 bits per heavy atom. The maximum atomic E-state index is 13.3. The molecule has 0 bridgehead atoms. The SMILES string of the molecule is O=C(NCCN1CCC2(CC1)C(=O)NCN2Cc1cccnc1)c1cccc(F)c1. The third-order valence-electron chi connectivity index (χ3n) is 6.04. The third kappa shape index (κ3) is 4.34. The molecule has 0 radical (unpaired) electrons. The van der Waals surface area contributed by atoms with Gasteiger partial charge in [-0.1, -0.05) is 12.1 Å². The first kappa shape index (κ1) is 20.4. The van der Waals surface area contributed by atoms with Gasteiger partial charge in [-0.3, -0.25) is 19.5 Å². The van der Waals surface area contributed by atoms with Crippen LogP contribution in [0.1, 0.15) is 28.8 Å². The first-order valence-electron chi connectivity index (χ1n) is 10.3. The first-order chi connectivity index (χ1) is 14.6. The van der Waals surface area contributed by atoms with E-state index in [1.54, 1.807) is 12.3 Å². The lowest BCUT2D eigenvalue weighted by atomic mass is 9.86. The predicted octanol–water partition coefficient (Wildman–Crippen LogP) is 1.37. The number of likely N-dealkylation sites (tertiary alicyclic amines) is 1. The molecule has 2 amide bonds. The summed E-state index contributed by atoms with van der Waals surface area (Å²) in [5.74, 6) is -0.596. The van der Waals surface area contributed by atoms with E-state index in [2.05, 4.69) is 25.4 Å². The number of aromatic nitrogens is 1. The molecule has 158 valence electrons. The highest BCUT2D eigenvalue weighted by atomic mass is 19.1. The molecular formula is C22H26FN5O2. The lowest BCUT2D eigenvalue weighted by molar-refractivity contribution is -0.129. The Morgan fingerprint density at radius 2 is 2.07 bits per heavy atom. The van der Waals surface area contributed by atoms with Crippen molar-refractivity contribution in [1.29, 1.82) is 0 Å². The molecule has 30 heavy (non-hydrogen) atoms. The number of hydrogen-bond donors (Lipinski definition) is 2. The van der Waals surface area contributed by atoms with Crippen molar-refractivity contribution < 1.29 is 14.0 Å². The van der Waals surface area contributed by atoms with Crippen molar-refractivity contribution in [1.82, 2.24) is 25.4 Å². The standard InChI is InChI=1S/C22H26FN5O2/c23-19-5-1-4-18(13-19)20(29)25-9-12-27-10-6-22(7-11-27)21(30)26-16-28(22)15-17-3-2-8-24-14-17/h1-5,8,13-14H,6-7,9-12,15-16H2,(H,25,29)(H,26,30). The maximum Gasteiger partial charge on any atom is 0.251 e. The average molecular weight is 411 g/mol. The summed E-state index contributed by atoms with van der Waals surface area (Å²) in [5, 5.41) is 5.85. The highest BCUT2D eigenvalue weighted by Gasteiger charge is 2.49. The summed E-state index contributed by atoms with van der Waals surface area (Å²) >= 11 is 0. The zero-order valence-corrected chi connectivity index (χ0v) is 16.8. The Labute approximate surface area is 175 Å². The van der Waals surface area contributed by atoms with Crippen molar-refractivity contribution in [3.63, 3.8) is 0 Å². The van der Waals surface area contributed by atoms with Gasteiger partial charge >= 0.3 is 0 Å². The molecule has 2 aliphatic rings. The van der Waals surface area contributed by atoms with Crippen LogP contribution in [-0.2, 0) is 11.3 Å². The molecule has 2 saturated heterocycles. The third-order valence-corrected chi connectivity index (χ3v) is 6.04. The summed E-state index contributed by atoms with van der Waals surface area (Å²) in [6, 6.07) is 9.61. The van der Waals surface area contributed by atoms with Gasteiger partial charge in [-0.15, -0.1) is 0 Å². The molecule has 2 fully saturated rings. The lowest BCUT2D eigenvalue weighted by Gasteiger charge is -2.42. The number of piperidine rings is 1. The number of carbonyl (C=O) groups excluding carboxylic acids is 2. The van der Waals surface area contributed by atoms with Crippen LogP contribution >= 0.6 is 0 Å². The van der Waals surface area contributed by atoms with E-state index >= 15 is 0 Å². The smallest absolute Gasteiger partial charge is 0.251 e. The summed E-state index contributed by atoms with van der Waals surface area (Å²) in [5.41, 5.74) is 0.939. The number of carbonyl (C=O) groups is 2. The zero-order chi connectivity index (χ0) is 21.0. The summed E-state index contributed by atoms with van der Waals surface area (Å²) in [7, 11) is 0. The second kappa shape index (κ2) is 8.89. The molecule has 8 heteroatoms. The van der Waals surface area contributed by atoms with E-state index in [1.807, 2.05) is 18.3 Å². The number of nitrogens with one attached hydrogen (secondary N) is 2. The first-order valence-corrected chi connectivity index (χ1v) is 10.3. The Hall–Kier alpha value is -2.84. The highest BCUT2D eigenvalue weighted by molar-refractivity contribution is 5.94. The van der Waals surface area contributed by atoms with Gasteiger partial charge in [0.25, 0.3) is 5.91 Å². The van der Waals surface area contributed by atoms with Crippen LogP contribution in [0.3, 0.4) is 0 Å². The molecule has 0 unspecified atom stereocenters. The molecule has 4 rings (SSSR count). The van der Waals surface area contributed by atoms with Gasteiger partial charge in [0.15, 0.2) is 0 Å². The Morgan fingerprint density at radius 1 is 1.23 bits per heavy atom. The van der Waals surface area contributed by atoms with Crippen molar-refractivity contribution in [2.75, 3.05) is 32.8 Å². The molecule has 1 spiro atoms. The molecule has 0 atom stereocenters. The lowest BCUT2D eigenvalue weighted by Crippen LogP contribution is -2.56. The molecular weight excluding hydrogens is 385 g/mol. The number of benzene rings is 1. The summed E-state index contributed by atoms with van der Waals surface area (Å²) in [6.45, 7) is 3.99. The molecule has 7 nitrogen and oxygen atoms in total. The quantitative estimate of drug-likeness (QED) is 0.751. The fourth-order valence-electron chi connectivity index (χ4n) is 4.30. The average Bonchev–Trinajstić information content (AvgIpc) is 3.05. The Kier molecular flexibility index (Phi) is 6.06. The Bertz CT molecular complexity index is 899. The molecule has 1 aromatic heterocycles. The number of halogens is 1. The molecule has 0 aliphatic carbocycles. The van der Waals surface area contributed by atoms with E-state index < -0.39 is 11.4 Å². The van der Waals surface area contributed by atoms with Crippen molar-refractivity contribution >= 4 is 11.8 Å². The summed E-state index contributed by atoms with van der Waals surface area (Å²) in [4.78, 5) is 33.5. The van der Waals surface area contributed by atoms with E-state index in [0.29, 0.717) is 31.9 Å². The number of hydrogen-bond acceptors (Lipinski definition) is 5. The molecule has 1 aromatic carbocycles. The van der Waals surface area contributed by atoms with Crippen molar-refractivity contribution in [3.8, 4) is 0 Å². The van der Waals surface area contributed by atoms with Crippen LogP contribution in [0.2, 0.25) is 0 Å². The topological polar surface area (TPSA) is 77.6 Å². The molecule has 3 heterocycles. The molecule has 0 saturated carbocycles. The van der Waals surface area contributed by atoms with Crippen molar-refractivity contribution in [3.05, 3.63) is 65.7 Å². The van der Waals surface area contributed by atoms with Gasteiger partial charge in [0.05, 0.1) is 6.67 Å². The van der Waals surface area contributed by atoms with Crippen LogP contribution in [0.5, 0.6) is 0 Å². The number of pyridine rings is 1. The van der Waals surface area contributed by atoms with Crippen molar-refractivity contribution in [2.24, 2.45) is 0 Å². The molecule has 2 N–H and O–H groups in total. The maximum absolute atomic E-state index is 13.3. The molecule has 2 aromatic rings. The van der Waals surface area contributed by atoms with E-state index in [1.165, 1.54) is 18.2 Å². The summed E-state index contributed by atoms with van der Waals surface area (Å²) < 4.78 is 13.3. The van der Waals surface area contributed by atoms with E-state index in [0.717, 1.165) is 31.5 Å². The van der Waals surface area contributed by atoms with Gasteiger partial charge in [0.2, 0.25) is 5.91 Å². The zero-order valence-electron chi connectivity index (χ0n) is 16.8. The van der Waals surface area contributed by atoms with Crippen LogP contribution in [0.15, 0.2) is 48.8 Å². The predicted molar refractivity (Wildman–Crippen MR) is 110 cm³/mol. The van der Waals surface area contributed by atoms with Gasteiger partial charge in [-0.25, -0.2) is 4.39 Å². The molecule has 2 aliphatic heterocycles. The van der Waals surface area contributed by atoms with E-state index in [9.17, 15) is 14.0 Å². The monoisotopic (exact) mass is 411 g/mol. The largest absolute Gasteiger partial charge is 0.351 e. The number of nitrogens with zero attached hydrogens (tertiary/aromatic N) is 3. The Balaban J connectivity index is 1.28. The van der Waals surface area contributed by atoms with Gasteiger partial charge in [0.1, 0.15) is 11.4 Å². The number of amides is 2. The van der Waals surface area contributed by atoms with Crippen molar-refractivity contribution in [2.45, 2.75) is 24.9 Å². The van der Waals surface area contributed by atoms with E-state index in [4.69, 9.17) is 0 Å². The van der Waals surface area contributed by atoms with Crippen LogP contribution in [-0.4, -0.2) is 65.0 Å². The van der Waals surface area contributed by atoms with Gasteiger partial charge < -0.3 is 15.5 Å². The van der Waals surface area contributed by atoms with E-state index in [-0.39, 0.29) is 11.8 Å². The summed E-state index contributed by atoms with van der Waals surface area (Å²) in [6.07, 6.45) is 5.08. The second-order valence-electron chi connectivity index (χ2n) is 7.86. The minimum absolute atomic E-state index is 0.102. The van der Waals surface area contributed by atoms with Crippen LogP contribution in [0.4, 0.5) is 4.39 Å². The van der Waals surface area contributed by atoms with Crippen LogP contribution < -0.4 is 10.6 Å². The fraction of sp³-hybridized carbons (Fsp3) is 0.409. The highest BCUT2D eigenvalue weighted by Crippen LogP contribution is 2.33. The minimum Gasteiger partial charge on any atom is -0.351 e. The van der Waals surface area contributed by atoms with Crippen LogP contribution in [0.25, 0.3) is 0 Å².